The lowest BCUT2D eigenvalue weighted by molar-refractivity contribution is 0.0318. The molecule has 2 aromatic rings. The van der Waals surface area contributed by atoms with Crippen LogP contribution in [0.1, 0.15) is 11.7 Å². The number of amides is 1. The zero-order chi connectivity index (χ0) is 14.1. The van der Waals surface area contributed by atoms with Gasteiger partial charge in [0, 0.05) is 0 Å². The fourth-order valence-electron chi connectivity index (χ4n) is 2.02. The SMILES string of the molecule is O=C1NCC(C(O)c2ccc(-n3cncn3)c(F)c2)O1. The van der Waals surface area contributed by atoms with Gasteiger partial charge in [-0.3, -0.25) is 0 Å². The average molecular weight is 278 g/mol. The van der Waals surface area contributed by atoms with E-state index in [1.54, 1.807) is 6.07 Å². The molecule has 1 saturated heterocycles. The third-order valence-corrected chi connectivity index (χ3v) is 3.04. The van der Waals surface area contributed by atoms with E-state index in [0.29, 0.717) is 5.56 Å². The summed E-state index contributed by atoms with van der Waals surface area (Å²) in [6.45, 7) is 0.187. The second kappa shape index (κ2) is 4.89. The number of aromatic nitrogens is 3. The van der Waals surface area contributed by atoms with E-state index in [-0.39, 0.29) is 12.2 Å². The quantitative estimate of drug-likeness (QED) is 0.855. The van der Waals surface area contributed by atoms with Crippen LogP contribution in [0.3, 0.4) is 0 Å². The van der Waals surface area contributed by atoms with Crippen molar-refractivity contribution in [3.63, 3.8) is 0 Å². The van der Waals surface area contributed by atoms with Gasteiger partial charge in [-0.05, 0) is 17.7 Å². The van der Waals surface area contributed by atoms with E-state index in [2.05, 4.69) is 15.4 Å². The number of carbonyl (C=O) groups excluding carboxylic acids is 1. The molecule has 0 saturated carbocycles. The molecular weight excluding hydrogens is 267 g/mol. The first kappa shape index (κ1) is 12.5. The lowest BCUT2D eigenvalue weighted by Crippen LogP contribution is -2.22. The largest absolute Gasteiger partial charge is 0.441 e. The lowest BCUT2D eigenvalue weighted by atomic mass is 10.0. The molecule has 3 rings (SSSR count). The highest BCUT2D eigenvalue weighted by molar-refractivity contribution is 5.69. The van der Waals surface area contributed by atoms with E-state index in [0.717, 1.165) is 0 Å². The van der Waals surface area contributed by atoms with Crippen LogP contribution >= 0.6 is 0 Å². The minimum absolute atomic E-state index is 0.187. The molecular formula is C12H11FN4O3. The third-order valence-electron chi connectivity index (χ3n) is 3.04. The Morgan fingerprint density at radius 3 is 3.00 bits per heavy atom. The minimum atomic E-state index is -1.09. The van der Waals surface area contributed by atoms with Gasteiger partial charge in [0.25, 0.3) is 0 Å². The van der Waals surface area contributed by atoms with Crippen LogP contribution in [0.25, 0.3) is 5.69 Å². The number of nitrogens with one attached hydrogen (secondary N) is 1. The van der Waals surface area contributed by atoms with Crippen molar-refractivity contribution in [3.05, 3.63) is 42.2 Å². The van der Waals surface area contributed by atoms with Crippen molar-refractivity contribution < 1.29 is 19.0 Å². The van der Waals surface area contributed by atoms with Crippen molar-refractivity contribution in [2.24, 2.45) is 0 Å². The maximum Gasteiger partial charge on any atom is 0.407 e. The Kier molecular flexibility index (Phi) is 3.07. The standard InChI is InChI=1S/C12H11FN4O3/c13-8-3-7(11(18)10-4-15-12(19)20-10)1-2-9(8)17-6-14-5-16-17/h1-3,5-6,10-11,18H,4H2,(H,15,19). The van der Waals surface area contributed by atoms with Gasteiger partial charge in [0.15, 0.2) is 6.10 Å². The molecule has 1 aromatic carbocycles. The number of hydrogen-bond donors (Lipinski definition) is 2. The van der Waals surface area contributed by atoms with E-state index in [1.807, 2.05) is 0 Å². The van der Waals surface area contributed by atoms with Gasteiger partial charge in [0.05, 0.1) is 6.54 Å². The van der Waals surface area contributed by atoms with Crippen LogP contribution in [0.2, 0.25) is 0 Å². The Hall–Kier alpha value is -2.48. The van der Waals surface area contributed by atoms with E-state index >= 15 is 0 Å². The van der Waals surface area contributed by atoms with Crippen LogP contribution in [0, 0.1) is 5.82 Å². The molecule has 0 bridgehead atoms. The van der Waals surface area contributed by atoms with E-state index in [1.165, 1.54) is 29.5 Å². The van der Waals surface area contributed by atoms with Crippen molar-refractivity contribution in [1.82, 2.24) is 20.1 Å². The molecule has 0 aliphatic carbocycles. The Balaban J connectivity index is 1.85. The first-order chi connectivity index (χ1) is 9.65. The van der Waals surface area contributed by atoms with Crippen LogP contribution in [0.15, 0.2) is 30.9 Å². The topological polar surface area (TPSA) is 89.3 Å². The van der Waals surface area contributed by atoms with Crippen molar-refractivity contribution in [3.8, 4) is 5.69 Å². The number of aliphatic hydroxyl groups is 1. The fraction of sp³-hybridized carbons (Fsp3) is 0.250. The number of hydrogen-bond acceptors (Lipinski definition) is 5. The third kappa shape index (κ3) is 2.21. The second-order valence-corrected chi connectivity index (χ2v) is 4.32. The summed E-state index contributed by atoms with van der Waals surface area (Å²) < 4.78 is 20.2. The van der Waals surface area contributed by atoms with Crippen LogP contribution < -0.4 is 5.32 Å². The van der Waals surface area contributed by atoms with Gasteiger partial charge in [-0.2, -0.15) is 5.10 Å². The van der Waals surface area contributed by atoms with Gasteiger partial charge in [0.2, 0.25) is 0 Å². The van der Waals surface area contributed by atoms with E-state index in [4.69, 9.17) is 4.74 Å². The highest BCUT2D eigenvalue weighted by atomic mass is 19.1. The number of carbonyl (C=O) groups is 1. The Morgan fingerprint density at radius 2 is 2.40 bits per heavy atom. The van der Waals surface area contributed by atoms with Crippen LogP contribution in [0.5, 0.6) is 0 Å². The van der Waals surface area contributed by atoms with Gasteiger partial charge in [0.1, 0.15) is 30.3 Å². The van der Waals surface area contributed by atoms with Gasteiger partial charge >= 0.3 is 6.09 Å². The first-order valence-electron chi connectivity index (χ1n) is 5.92. The van der Waals surface area contributed by atoms with Crippen molar-refractivity contribution in [2.75, 3.05) is 6.54 Å². The number of benzene rings is 1. The average Bonchev–Trinajstić information content (AvgIpc) is 3.09. The van der Waals surface area contributed by atoms with E-state index in [9.17, 15) is 14.3 Å². The Bertz CT molecular complexity index is 632. The van der Waals surface area contributed by atoms with Gasteiger partial charge < -0.3 is 15.2 Å². The Labute approximate surface area is 113 Å². The monoisotopic (exact) mass is 278 g/mol. The summed E-state index contributed by atoms with van der Waals surface area (Å²) in [5.41, 5.74) is 0.549. The van der Waals surface area contributed by atoms with E-state index < -0.39 is 24.1 Å². The zero-order valence-corrected chi connectivity index (χ0v) is 10.2. The second-order valence-electron chi connectivity index (χ2n) is 4.32. The predicted octanol–water partition coefficient (Wildman–Crippen LogP) is 0.548. The number of aliphatic hydroxyl groups excluding tert-OH is 1. The smallest absolute Gasteiger partial charge is 0.407 e. The van der Waals surface area contributed by atoms with Crippen molar-refractivity contribution in [1.29, 1.82) is 0 Å². The summed E-state index contributed by atoms with van der Waals surface area (Å²) in [5, 5.41) is 16.3. The number of nitrogens with zero attached hydrogens (tertiary/aromatic N) is 3. The summed E-state index contributed by atoms with van der Waals surface area (Å²) >= 11 is 0. The predicted molar refractivity (Wildman–Crippen MR) is 64.5 cm³/mol. The Morgan fingerprint density at radius 1 is 1.55 bits per heavy atom. The highest BCUT2D eigenvalue weighted by Gasteiger charge is 2.30. The molecule has 1 aliphatic heterocycles. The molecule has 2 unspecified atom stereocenters. The molecule has 1 fully saturated rings. The summed E-state index contributed by atoms with van der Waals surface area (Å²) in [6.07, 6.45) is 0.268. The van der Waals surface area contributed by atoms with Crippen LogP contribution in [-0.2, 0) is 4.74 Å². The molecule has 0 spiro atoms. The normalized spacial score (nSPS) is 19.5. The molecule has 20 heavy (non-hydrogen) atoms. The molecule has 2 atom stereocenters. The molecule has 8 heteroatoms. The number of halogens is 1. The molecule has 2 heterocycles. The summed E-state index contributed by atoms with van der Waals surface area (Å²) in [7, 11) is 0. The number of alkyl carbamates (subject to hydrolysis) is 1. The van der Waals surface area contributed by atoms with Crippen molar-refractivity contribution in [2.45, 2.75) is 12.2 Å². The van der Waals surface area contributed by atoms with Gasteiger partial charge in [-0.1, -0.05) is 6.07 Å². The molecule has 1 aliphatic rings. The summed E-state index contributed by atoms with van der Waals surface area (Å²) in [4.78, 5) is 14.7. The molecule has 1 amide bonds. The molecule has 2 N–H and O–H groups in total. The molecule has 0 radical (unpaired) electrons. The maximum atomic E-state index is 14.0. The first-order valence-corrected chi connectivity index (χ1v) is 5.92. The number of rotatable bonds is 3. The minimum Gasteiger partial charge on any atom is -0.441 e. The fourth-order valence-corrected chi connectivity index (χ4v) is 2.02. The van der Waals surface area contributed by atoms with Crippen LogP contribution in [-0.4, -0.2) is 38.6 Å². The van der Waals surface area contributed by atoms with Crippen LogP contribution in [0.4, 0.5) is 9.18 Å². The molecule has 1 aromatic heterocycles. The maximum absolute atomic E-state index is 14.0. The van der Waals surface area contributed by atoms with Gasteiger partial charge in [-0.15, -0.1) is 0 Å². The summed E-state index contributed by atoms with van der Waals surface area (Å²) in [5.74, 6) is -0.552. The lowest BCUT2D eigenvalue weighted by Gasteiger charge is -2.16. The number of cyclic esters (lactones) is 1. The summed E-state index contributed by atoms with van der Waals surface area (Å²) in [6, 6.07) is 4.22. The zero-order valence-electron chi connectivity index (χ0n) is 10.2. The number of ether oxygens (including phenoxy) is 1. The molecule has 7 nitrogen and oxygen atoms in total. The van der Waals surface area contributed by atoms with Gasteiger partial charge in [-0.25, -0.2) is 18.9 Å². The highest BCUT2D eigenvalue weighted by Crippen LogP contribution is 2.24. The van der Waals surface area contributed by atoms with Crippen molar-refractivity contribution >= 4 is 6.09 Å². The molecule has 104 valence electrons.